The van der Waals surface area contributed by atoms with Crippen LogP contribution in [0.2, 0.25) is 18.1 Å². The van der Waals surface area contributed by atoms with Crippen LogP contribution in [0.25, 0.3) is 6.08 Å². The fourth-order valence-electron chi connectivity index (χ4n) is 1.89. The summed E-state index contributed by atoms with van der Waals surface area (Å²) >= 11 is 0. The van der Waals surface area contributed by atoms with E-state index in [0.29, 0.717) is 0 Å². The van der Waals surface area contributed by atoms with Crippen LogP contribution in [0.1, 0.15) is 33.3 Å². The van der Waals surface area contributed by atoms with E-state index in [-0.39, 0.29) is 11.1 Å². The van der Waals surface area contributed by atoms with E-state index >= 15 is 0 Å². The molecule has 0 spiro atoms. The molecule has 130 valence electrons. The average Bonchev–Trinajstić information content (AvgIpc) is 2.49. The molecule has 1 aromatic rings. The fourth-order valence-corrected chi connectivity index (χ4v) is 3.25. The van der Waals surface area contributed by atoms with Gasteiger partial charge < -0.3 is 4.43 Å². The molecule has 0 aliphatic carbocycles. The van der Waals surface area contributed by atoms with Gasteiger partial charge in [-0.25, -0.2) is 0 Å². The fraction of sp³-hybridized carbons (Fsp3) is 0.364. The Morgan fingerprint density at radius 2 is 1.42 bits per heavy atom. The summed E-state index contributed by atoms with van der Waals surface area (Å²) in [4.78, 5) is 0. The van der Waals surface area contributed by atoms with Gasteiger partial charge in [0.1, 0.15) is 0 Å². The van der Waals surface area contributed by atoms with Crippen molar-refractivity contribution in [2.75, 3.05) is 0 Å². The van der Waals surface area contributed by atoms with E-state index in [1.165, 1.54) is 5.56 Å². The monoisotopic (exact) mass is 340 g/mol. The molecule has 0 aliphatic heterocycles. The Hall–Kier alpha value is -1.64. The Kier molecular flexibility index (Phi) is 8.16. The van der Waals surface area contributed by atoms with Gasteiger partial charge in [0.2, 0.25) is 0 Å². The lowest BCUT2D eigenvalue weighted by molar-refractivity contribution is 0.243. The van der Waals surface area contributed by atoms with Gasteiger partial charge in [0.15, 0.2) is 8.32 Å². The minimum absolute atomic E-state index is 0.150. The third kappa shape index (κ3) is 7.76. The lowest BCUT2D eigenvalue weighted by Crippen LogP contribution is -2.42. The highest BCUT2D eigenvalue weighted by molar-refractivity contribution is 6.74. The Morgan fingerprint density at radius 3 is 2.00 bits per heavy atom. The molecule has 0 aromatic heterocycles. The lowest BCUT2D eigenvalue weighted by Gasteiger charge is -2.37. The summed E-state index contributed by atoms with van der Waals surface area (Å²) in [5, 5.41) is 0.249. The second kappa shape index (κ2) is 9.60. The minimum Gasteiger partial charge on any atom is -0.411 e. The van der Waals surface area contributed by atoms with Gasteiger partial charge >= 0.3 is 0 Å². The summed E-state index contributed by atoms with van der Waals surface area (Å²) in [7, 11) is -1.68. The normalized spacial score (nSPS) is 15.2. The van der Waals surface area contributed by atoms with Crippen LogP contribution in [-0.2, 0) is 4.43 Å². The predicted octanol–water partition coefficient (Wildman–Crippen LogP) is 6.78. The van der Waals surface area contributed by atoms with E-state index in [1.807, 2.05) is 48.6 Å². The summed E-state index contributed by atoms with van der Waals surface area (Å²) in [6.45, 7) is 13.5. The molecule has 1 aromatic carbocycles. The quantitative estimate of drug-likeness (QED) is 0.393. The van der Waals surface area contributed by atoms with E-state index in [4.69, 9.17) is 4.43 Å². The van der Waals surface area contributed by atoms with Crippen molar-refractivity contribution >= 4 is 14.4 Å². The highest BCUT2D eigenvalue weighted by Crippen LogP contribution is 2.37. The number of allylic oxidation sites excluding steroid dienone is 6. The summed E-state index contributed by atoms with van der Waals surface area (Å²) in [5.41, 5.74) is 1.21. The van der Waals surface area contributed by atoms with Crippen LogP contribution in [0, 0.1) is 0 Å². The van der Waals surface area contributed by atoms with Gasteiger partial charge in [-0.1, -0.05) is 99.7 Å². The zero-order valence-electron chi connectivity index (χ0n) is 16.0. The second-order valence-electron chi connectivity index (χ2n) is 7.51. The molecule has 1 nitrogen and oxygen atoms in total. The molecule has 1 atom stereocenters. The molecule has 0 amide bonds. The summed E-state index contributed by atoms with van der Waals surface area (Å²) in [6.07, 6.45) is 16.6. The van der Waals surface area contributed by atoms with Crippen molar-refractivity contribution in [2.24, 2.45) is 0 Å². The van der Waals surface area contributed by atoms with Gasteiger partial charge in [0.05, 0.1) is 6.10 Å². The molecular weight excluding hydrogens is 308 g/mol. The molecular formula is C22H32OSi. The zero-order valence-corrected chi connectivity index (χ0v) is 17.0. The van der Waals surface area contributed by atoms with E-state index in [0.717, 1.165) is 0 Å². The molecule has 0 radical (unpaired) electrons. The van der Waals surface area contributed by atoms with Crippen molar-refractivity contribution in [3.8, 4) is 0 Å². The predicted molar refractivity (Wildman–Crippen MR) is 111 cm³/mol. The van der Waals surface area contributed by atoms with Crippen molar-refractivity contribution < 1.29 is 4.43 Å². The minimum atomic E-state index is -1.68. The van der Waals surface area contributed by atoms with E-state index in [9.17, 15) is 0 Å². The smallest absolute Gasteiger partial charge is 0.192 e. The van der Waals surface area contributed by atoms with Crippen molar-refractivity contribution in [2.45, 2.75) is 51.9 Å². The average molecular weight is 341 g/mol. The Labute approximate surface area is 149 Å². The maximum absolute atomic E-state index is 6.29. The van der Waals surface area contributed by atoms with Crippen molar-refractivity contribution in [1.29, 1.82) is 0 Å². The summed E-state index contributed by atoms with van der Waals surface area (Å²) < 4.78 is 6.29. The zero-order chi connectivity index (χ0) is 18.1. The van der Waals surface area contributed by atoms with Crippen LogP contribution in [-0.4, -0.2) is 14.4 Å². The number of rotatable bonds is 7. The van der Waals surface area contributed by atoms with Crippen molar-refractivity contribution in [3.05, 3.63) is 78.4 Å². The van der Waals surface area contributed by atoms with Crippen LogP contribution in [0.3, 0.4) is 0 Å². The first kappa shape index (κ1) is 20.4. The Morgan fingerprint density at radius 1 is 0.875 bits per heavy atom. The highest BCUT2D eigenvalue weighted by atomic mass is 28.4. The molecule has 0 saturated heterocycles. The maximum atomic E-state index is 6.29. The molecule has 0 saturated carbocycles. The lowest BCUT2D eigenvalue weighted by atomic mass is 10.2. The third-order valence-corrected chi connectivity index (χ3v) is 8.89. The summed E-state index contributed by atoms with van der Waals surface area (Å²) in [5.74, 6) is 0. The second-order valence-corrected chi connectivity index (χ2v) is 12.3. The molecule has 0 heterocycles. The summed E-state index contributed by atoms with van der Waals surface area (Å²) in [6, 6.07) is 10.3. The molecule has 1 unspecified atom stereocenters. The van der Waals surface area contributed by atoms with Gasteiger partial charge in [-0.15, -0.1) is 0 Å². The largest absolute Gasteiger partial charge is 0.411 e. The third-order valence-electron chi connectivity index (χ3n) is 4.31. The van der Waals surface area contributed by atoms with Gasteiger partial charge in [-0.05, 0) is 30.6 Å². The number of hydrogen-bond acceptors (Lipinski definition) is 1. The molecule has 0 bridgehead atoms. The van der Waals surface area contributed by atoms with E-state index in [1.54, 1.807) is 0 Å². The maximum Gasteiger partial charge on any atom is 0.192 e. The molecule has 0 aliphatic rings. The topological polar surface area (TPSA) is 9.23 Å². The van der Waals surface area contributed by atoms with Crippen LogP contribution >= 0.6 is 0 Å². The van der Waals surface area contributed by atoms with Crippen LogP contribution in [0.15, 0.2) is 72.9 Å². The van der Waals surface area contributed by atoms with Crippen LogP contribution in [0.5, 0.6) is 0 Å². The van der Waals surface area contributed by atoms with E-state index in [2.05, 4.69) is 71.1 Å². The molecule has 2 heteroatoms. The van der Waals surface area contributed by atoms with Crippen molar-refractivity contribution in [3.63, 3.8) is 0 Å². The van der Waals surface area contributed by atoms with Crippen molar-refractivity contribution in [1.82, 2.24) is 0 Å². The van der Waals surface area contributed by atoms with Gasteiger partial charge in [-0.3, -0.25) is 0 Å². The molecule has 1 rings (SSSR count). The van der Waals surface area contributed by atoms with Gasteiger partial charge in [0, 0.05) is 0 Å². The molecule has 0 fully saturated rings. The first-order valence-electron chi connectivity index (χ1n) is 8.63. The number of benzene rings is 1. The molecule has 0 N–H and O–H groups in total. The van der Waals surface area contributed by atoms with Crippen LogP contribution in [0.4, 0.5) is 0 Å². The van der Waals surface area contributed by atoms with Gasteiger partial charge in [0.25, 0.3) is 0 Å². The molecule has 24 heavy (non-hydrogen) atoms. The number of hydrogen-bond donors (Lipinski definition) is 0. The standard InChI is InChI=1S/C22H32OSi/c1-20(23-24(5,6)22(2,3)4)16-12-9-7-8-10-13-17-21-18-14-11-15-19-21/h7-20H,1-6H3/b9-7+,10-8+,16-12+,17-13+. The Bertz CT molecular complexity index is 586. The first-order chi connectivity index (χ1) is 11.2. The van der Waals surface area contributed by atoms with Gasteiger partial charge in [-0.2, -0.15) is 0 Å². The van der Waals surface area contributed by atoms with E-state index < -0.39 is 8.32 Å². The SMILES string of the molecule is CC(/C=C/C=C/C=C/C=C/c1ccccc1)O[Si](C)(C)C(C)(C)C. The highest BCUT2D eigenvalue weighted by Gasteiger charge is 2.37. The Balaban J connectivity index is 2.39. The first-order valence-corrected chi connectivity index (χ1v) is 11.5. The van der Waals surface area contributed by atoms with Crippen LogP contribution < -0.4 is 0 Å².